The lowest BCUT2D eigenvalue weighted by molar-refractivity contribution is 0.0885. The first kappa shape index (κ1) is 14.0. The molecular weight excluding hydrogens is 216 g/mol. The van der Waals surface area contributed by atoms with Crippen LogP contribution in [0.5, 0.6) is 5.75 Å². The fraction of sp³-hybridized carbons (Fsp3) is 0.571. The molecule has 1 aromatic carbocycles. The van der Waals surface area contributed by atoms with Gasteiger partial charge in [0, 0.05) is 0 Å². The molecule has 0 aliphatic heterocycles. The van der Waals surface area contributed by atoms with Crippen LogP contribution in [0.25, 0.3) is 0 Å². The number of rotatable bonds is 7. The van der Waals surface area contributed by atoms with Crippen molar-refractivity contribution in [2.75, 3.05) is 13.2 Å². The summed E-state index contributed by atoms with van der Waals surface area (Å²) in [6, 6.07) is 7.89. The number of hydrogen-bond acceptors (Lipinski definition) is 3. The summed E-state index contributed by atoms with van der Waals surface area (Å²) >= 11 is 0. The van der Waals surface area contributed by atoms with E-state index in [0.717, 1.165) is 17.7 Å². The molecule has 3 nitrogen and oxygen atoms in total. The van der Waals surface area contributed by atoms with Crippen LogP contribution in [0.2, 0.25) is 0 Å². The minimum absolute atomic E-state index is 0.177. The van der Waals surface area contributed by atoms with Gasteiger partial charge in [-0.15, -0.1) is 0 Å². The molecule has 0 aliphatic carbocycles. The second-order valence-corrected chi connectivity index (χ2v) is 4.73. The van der Waals surface area contributed by atoms with E-state index in [4.69, 9.17) is 9.84 Å². The summed E-state index contributed by atoms with van der Waals surface area (Å²) in [6.45, 7) is 4.76. The normalized spacial score (nSPS) is 12.8. The van der Waals surface area contributed by atoms with E-state index in [9.17, 15) is 5.11 Å². The van der Waals surface area contributed by atoms with E-state index in [2.05, 4.69) is 13.8 Å². The van der Waals surface area contributed by atoms with Crippen molar-refractivity contribution in [3.05, 3.63) is 29.8 Å². The number of ether oxygens (including phenoxy) is 1. The van der Waals surface area contributed by atoms with Crippen LogP contribution in [0.15, 0.2) is 24.3 Å². The van der Waals surface area contributed by atoms with Gasteiger partial charge in [0.1, 0.15) is 5.75 Å². The van der Waals surface area contributed by atoms with Crippen LogP contribution in [0.3, 0.4) is 0 Å². The molecule has 1 atom stereocenters. The first-order valence-corrected chi connectivity index (χ1v) is 6.12. The Hall–Kier alpha value is -1.06. The Balaban J connectivity index is 2.47. The van der Waals surface area contributed by atoms with E-state index < -0.39 is 6.10 Å². The number of benzene rings is 1. The molecule has 0 saturated carbocycles. The summed E-state index contributed by atoms with van der Waals surface area (Å²) in [5.41, 5.74) is 1.12. The van der Waals surface area contributed by atoms with Crippen LogP contribution >= 0.6 is 0 Å². The van der Waals surface area contributed by atoms with E-state index in [1.807, 2.05) is 24.3 Å². The van der Waals surface area contributed by atoms with E-state index in [1.165, 1.54) is 0 Å². The summed E-state index contributed by atoms with van der Waals surface area (Å²) in [7, 11) is 0. The van der Waals surface area contributed by atoms with Crippen molar-refractivity contribution in [1.82, 2.24) is 0 Å². The maximum atomic E-state index is 9.28. The molecule has 0 bridgehead atoms. The topological polar surface area (TPSA) is 49.7 Å². The zero-order chi connectivity index (χ0) is 12.7. The molecular formula is C14H22O3. The first-order chi connectivity index (χ1) is 8.11. The zero-order valence-electron chi connectivity index (χ0n) is 10.6. The quantitative estimate of drug-likeness (QED) is 0.764. The molecule has 3 heteroatoms. The number of aliphatic hydroxyl groups excluding tert-OH is 2. The van der Waals surface area contributed by atoms with E-state index >= 15 is 0 Å². The molecule has 0 spiro atoms. The van der Waals surface area contributed by atoms with Gasteiger partial charge in [-0.25, -0.2) is 0 Å². The summed E-state index contributed by atoms with van der Waals surface area (Å²) in [4.78, 5) is 0. The summed E-state index contributed by atoms with van der Waals surface area (Å²) in [5.74, 6) is 1.38. The van der Waals surface area contributed by atoms with E-state index in [0.29, 0.717) is 18.9 Å². The minimum atomic E-state index is -0.629. The third-order valence-corrected chi connectivity index (χ3v) is 2.46. The van der Waals surface area contributed by atoms with Gasteiger partial charge in [0.2, 0.25) is 0 Å². The van der Waals surface area contributed by atoms with Crippen molar-refractivity contribution in [1.29, 1.82) is 0 Å². The lowest BCUT2D eigenvalue weighted by Gasteiger charge is -2.11. The molecule has 0 heterocycles. The van der Waals surface area contributed by atoms with Gasteiger partial charge in [0.25, 0.3) is 0 Å². The molecule has 0 aromatic heterocycles. The highest BCUT2D eigenvalue weighted by Gasteiger charge is 2.04. The summed E-state index contributed by atoms with van der Waals surface area (Å²) in [6.07, 6.45) is 0.695. The van der Waals surface area contributed by atoms with Crippen molar-refractivity contribution in [3.63, 3.8) is 0 Å². The van der Waals surface area contributed by atoms with Crippen LogP contribution < -0.4 is 4.74 Å². The molecule has 96 valence electrons. The van der Waals surface area contributed by atoms with Crippen molar-refractivity contribution in [2.45, 2.75) is 32.8 Å². The fourth-order valence-electron chi connectivity index (χ4n) is 1.48. The van der Waals surface area contributed by atoms with Gasteiger partial charge in [0.15, 0.2) is 0 Å². The number of aliphatic hydroxyl groups is 2. The van der Waals surface area contributed by atoms with Gasteiger partial charge >= 0.3 is 0 Å². The molecule has 1 aromatic rings. The van der Waals surface area contributed by atoms with Crippen LogP contribution in [0.4, 0.5) is 0 Å². The van der Waals surface area contributed by atoms with Gasteiger partial charge < -0.3 is 14.9 Å². The first-order valence-electron chi connectivity index (χ1n) is 6.12. The number of aryl methyl sites for hydroxylation is 1. The summed E-state index contributed by atoms with van der Waals surface area (Å²) < 4.78 is 5.63. The monoisotopic (exact) mass is 238 g/mol. The third-order valence-electron chi connectivity index (χ3n) is 2.46. The average Bonchev–Trinajstić information content (AvgIpc) is 2.34. The predicted octanol–water partition coefficient (Wildman–Crippen LogP) is 2.01. The van der Waals surface area contributed by atoms with Crippen molar-refractivity contribution < 1.29 is 14.9 Å². The fourth-order valence-corrected chi connectivity index (χ4v) is 1.48. The molecule has 1 unspecified atom stereocenters. The molecule has 0 saturated heterocycles. The zero-order valence-corrected chi connectivity index (χ0v) is 10.6. The van der Waals surface area contributed by atoms with E-state index in [-0.39, 0.29) is 6.61 Å². The van der Waals surface area contributed by atoms with Gasteiger partial charge in [-0.1, -0.05) is 26.0 Å². The van der Waals surface area contributed by atoms with Gasteiger partial charge in [-0.05, 0) is 36.5 Å². The van der Waals surface area contributed by atoms with E-state index in [1.54, 1.807) is 0 Å². The van der Waals surface area contributed by atoms with Crippen molar-refractivity contribution >= 4 is 0 Å². The van der Waals surface area contributed by atoms with Gasteiger partial charge in [-0.2, -0.15) is 0 Å². The molecule has 0 radical (unpaired) electrons. The van der Waals surface area contributed by atoms with Gasteiger partial charge in [-0.3, -0.25) is 0 Å². The highest BCUT2D eigenvalue weighted by Crippen LogP contribution is 2.16. The lowest BCUT2D eigenvalue weighted by Crippen LogP contribution is -2.12. The maximum Gasteiger partial charge on any atom is 0.119 e. The Morgan fingerprint density at radius 1 is 1.29 bits per heavy atom. The number of hydrogen-bond donors (Lipinski definition) is 2. The maximum absolute atomic E-state index is 9.28. The van der Waals surface area contributed by atoms with Gasteiger partial charge in [0.05, 0.1) is 19.3 Å². The molecule has 0 aliphatic rings. The summed E-state index contributed by atoms with van der Waals surface area (Å²) in [5, 5.41) is 18.0. The highest BCUT2D eigenvalue weighted by molar-refractivity contribution is 5.28. The highest BCUT2D eigenvalue weighted by atomic mass is 16.5. The Morgan fingerprint density at radius 2 is 2.06 bits per heavy atom. The predicted molar refractivity (Wildman–Crippen MR) is 68.2 cm³/mol. The Labute approximate surface area is 103 Å². The molecule has 0 amide bonds. The Kier molecular flexibility index (Phi) is 6.01. The standard InChI is InChI=1S/C14H22O3/c1-11(2)10-17-14-5-3-4-12(8-14)6-7-13(16)9-15/h3-5,8,11,13,15-16H,6-7,9-10H2,1-2H3. The van der Waals surface area contributed by atoms with Crippen LogP contribution in [0, 0.1) is 5.92 Å². The van der Waals surface area contributed by atoms with Crippen molar-refractivity contribution in [3.8, 4) is 5.75 Å². The second kappa shape index (κ2) is 7.30. The van der Waals surface area contributed by atoms with Crippen LogP contribution in [0.1, 0.15) is 25.8 Å². The van der Waals surface area contributed by atoms with Crippen LogP contribution in [-0.2, 0) is 6.42 Å². The molecule has 1 rings (SSSR count). The smallest absolute Gasteiger partial charge is 0.119 e. The lowest BCUT2D eigenvalue weighted by atomic mass is 10.1. The minimum Gasteiger partial charge on any atom is -0.493 e. The molecule has 17 heavy (non-hydrogen) atoms. The SMILES string of the molecule is CC(C)COc1cccc(CCC(O)CO)c1. The second-order valence-electron chi connectivity index (χ2n) is 4.73. The average molecular weight is 238 g/mol. The molecule has 2 N–H and O–H groups in total. The largest absolute Gasteiger partial charge is 0.493 e. The van der Waals surface area contributed by atoms with Crippen molar-refractivity contribution in [2.24, 2.45) is 5.92 Å². The third kappa shape index (κ3) is 5.71. The molecule has 0 fully saturated rings. The Morgan fingerprint density at radius 3 is 2.71 bits per heavy atom. The van der Waals surface area contributed by atoms with Crippen LogP contribution in [-0.4, -0.2) is 29.5 Å². The Bertz CT molecular complexity index is 323.